The number of aryl methyl sites for hydroxylation is 1. The average molecular weight is 478 g/mol. The Labute approximate surface area is 204 Å². The molecule has 0 aliphatic heterocycles. The molecule has 4 aromatic rings. The van der Waals surface area contributed by atoms with Crippen LogP contribution in [-0.2, 0) is 13.7 Å². The lowest BCUT2D eigenvalue weighted by molar-refractivity contribution is 0.101. The number of ether oxygens (including phenoxy) is 2. The molecule has 0 bridgehead atoms. The normalized spacial score (nSPS) is 12.0. The molecule has 178 valence electrons. The van der Waals surface area contributed by atoms with Crippen molar-refractivity contribution in [3.63, 3.8) is 0 Å². The summed E-state index contributed by atoms with van der Waals surface area (Å²) in [6.07, 6.45) is 2.12. The summed E-state index contributed by atoms with van der Waals surface area (Å²) >= 11 is 1.63. The summed E-state index contributed by atoms with van der Waals surface area (Å²) in [6, 6.07) is 19.4. The van der Waals surface area contributed by atoms with E-state index in [1.807, 2.05) is 84.7 Å². The number of anilines is 1. The third-order valence-electron chi connectivity index (χ3n) is 5.85. The van der Waals surface area contributed by atoms with E-state index in [-0.39, 0.29) is 12.0 Å². The Balaban J connectivity index is 1.38. The van der Waals surface area contributed by atoms with Crippen molar-refractivity contribution in [1.82, 2.24) is 9.88 Å². The van der Waals surface area contributed by atoms with E-state index < -0.39 is 0 Å². The summed E-state index contributed by atoms with van der Waals surface area (Å²) in [5.41, 5.74) is 3.34. The summed E-state index contributed by atoms with van der Waals surface area (Å²) in [7, 11) is 3.86. The van der Waals surface area contributed by atoms with E-state index in [0.717, 1.165) is 52.4 Å². The molecule has 0 aliphatic rings. The minimum absolute atomic E-state index is 0.136. The molecule has 0 saturated heterocycles. The number of carbonyl (C=O) groups is 1. The minimum atomic E-state index is -0.136. The van der Waals surface area contributed by atoms with E-state index in [4.69, 9.17) is 9.47 Å². The van der Waals surface area contributed by atoms with Gasteiger partial charge in [0.15, 0.2) is 0 Å². The maximum Gasteiger partial charge on any atom is 0.272 e. The highest BCUT2D eigenvalue weighted by molar-refractivity contribution is 7.17. The van der Waals surface area contributed by atoms with Crippen LogP contribution in [0.4, 0.5) is 5.69 Å². The molecule has 0 fully saturated rings. The average Bonchev–Trinajstić information content (AvgIpc) is 3.45. The van der Waals surface area contributed by atoms with E-state index in [2.05, 4.69) is 17.6 Å². The van der Waals surface area contributed by atoms with E-state index in [9.17, 15) is 4.79 Å². The molecule has 2 aromatic carbocycles. The molecular weight excluding hydrogens is 446 g/mol. The predicted octanol–water partition coefficient (Wildman–Crippen LogP) is 5.84. The molecule has 1 unspecified atom stereocenters. The SMILES string of the molecule is CCC(CCNC)Oc1ccc(OCc2ccccc2NC(=O)c2cc3sccc3n2C)cc1. The first-order valence-corrected chi connectivity index (χ1v) is 12.4. The molecule has 34 heavy (non-hydrogen) atoms. The van der Waals surface area contributed by atoms with Crippen molar-refractivity contribution in [3.05, 3.63) is 77.3 Å². The Morgan fingerprint density at radius 3 is 2.59 bits per heavy atom. The second-order valence-electron chi connectivity index (χ2n) is 8.17. The Kier molecular flexibility index (Phi) is 7.87. The number of aromatic nitrogens is 1. The van der Waals surface area contributed by atoms with Crippen molar-refractivity contribution >= 4 is 33.1 Å². The van der Waals surface area contributed by atoms with Crippen LogP contribution in [0.15, 0.2) is 66.0 Å². The third kappa shape index (κ3) is 5.61. The molecule has 0 spiro atoms. The lowest BCUT2D eigenvalue weighted by atomic mass is 10.2. The fourth-order valence-corrected chi connectivity index (χ4v) is 4.69. The van der Waals surface area contributed by atoms with Crippen LogP contribution in [0.1, 0.15) is 35.8 Å². The molecule has 0 aliphatic carbocycles. The van der Waals surface area contributed by atoms with Gasteiger partial charge in [-0.1, -0.05) is 25.1 Å². The Morgan fingerprint density at radius 1 is 1.09 bits per heavy atom. The second-order valence-corrected chi connectivity index (χ2v) is 9.12. The Morgan fingerprint density at radius 2 is 1.85 bits per heavy atom. The fourth-order valence-electron chi connectivity index (χ4n) is 3.84. The molecule has 2 N–H and O–H groups in total. The summed E-state index contributed by atoms with van der Waals surface area (Å²) < 4.78 is 15.1. The topological polar surface area (TPSA) is 64.5 Å². The molecule has 0 radical (unpaired) electrons. The highest BCUT2D eigenvalue weighted by Crippen LogP contribution is 2.26. The molecule has 2 aromatic heterocycles. The van der Waals surface area contributed by atoms with Crippen LogP contribution >= 0.6 is 11.3 Å². The van der Waals surface area contributed by atoms with Crippen LogP contribution in [-0.4, -0.2) is 30.2 Å². The van der Waals surface area contributed by atoms with Gasteiger partial charge in [0.05, 0.1) is 16.3 Å². The number of carbonyl (C=O) groups excluding carboxylic acids is 1. The number of amides is 1. The van der Waals surface area contributed by atoms with Gasteiger partial charge in [-0.25, -0.2) is 0 Å². The van der Waals surface area contributed by atoms with Crippen molar-refractivity contribution < 1.29 is 14.3 Å². The highest BCUT2D eigenvalue weighted by atomic mass is 32.1. The summed E-state index contributed by atoms with van der Waals surface area (Å²) in [6.45, 7) is 3.41. The number of para-hydroxylation sites is 1. The Bertz CT molecular complexity index is 1230. The number of hydrogen-bond donors (Lipinski definition) is 2. The van der Waals surface area contributed by atoms with Gasteiger partial charge in [0, 0.05) is 18.3 Å². The van der Waals surface area contributed by atoms with Gasteiger partial charge in [-0.05, 0) is 74.3 Å². The van der Waals surface area contributed by atoms with Gasteiger partial charge in [-0.3, -0.25) is 4.79 Å². The van der Waals surface area contributed by atoms with Crippen LogP contribution in [0.2, 0.25) is 0 Å². The predicted molar refractivity (Wildman–Crippen MR) is 139 cm³/mol. The van der Waals surface area contributed by atoms with Gasteiger partial charge >= 0.3 is 0 Å². The standard InChI is InChI=1S/C27H31N3O3S/c1-4-20(13-15-28-2)33-22-11-9-21(10-12-22)32-18-19-7-5-6-8-23(19)29-27(31)25-17-26-24(30(25)3)14-16-34-26/h5-12,14,16-17,20,28H,4,13,15,18H2,1-3H3,(H,29,31). The summed E-state index contributed by atoms with van der Waals surface area (Å²) in [5, 5.41) is 8.25. The number of rotatable bonds is 11. The summed E-state index contributed by atoms with van der Waals surface area (Å²) in [5.74, 6) is 1.45. The number of benzene rings is 2. The molecule has 1 atom stereocenters. The molecule has 0 saturated carbocycles. The molecule has 1 amide bonds. The summed E-state index contributed by atoms with van der Waals surface area (Å²) in [4.78, 5) is 13.0. The molecule has 2 heterocycles. The monoisotopic (exact) mass is 477 g/mol. The van der Waals surface area contributed by atoms with Crippen molar-refractivity contribution in [1.29, 1.82) is 0 Å². The smallest absolute Gasteiger partial charge is 0.272 e. The van der Waals surface area contributed by atoms with Gasteiger partial charge < -0.3 is 24.7 Å². The van der Waals surface area contributed by atoms with E-state index >= 15 is 0 Å². The largest absolute Gasteiger partial charge is 0.490 e. The van der Waals surface area contributed by atoms with E-state index in [0.29, 0.717) is 12.3 Å². The van der Waals surface area contributed by atoms with Crippen LogP contribution in [0.5, 0.6) is 11.5 Å². The molecule has 7 heteroatoms. The van der Waals surface area contributed by atoms with Gasteiger partial charge in [0.2, 0.25) is 0 Å². The zero-order chi connectivity index (χ0) is 23.9. The number of nitrogens with one attached hydrogen (secondary N) is 2. The minimum Gasteiger partial charge on any atom is -0.490 e. The quantitative estimate of drug-likeness (QED) is 0.285. The number of nitrogens with zero attached hydrogens (tertiary/aromatic N) is 1. The van der Waals surface area contributed by atoms with Crippen LogP contribution in [0, 0.1) is 0 Å². The number of hydrogen-bond acceptors (Lipinski definition) is 5. The second kappa shape index (κ2) is 11.2. The molecule has 6 nitrogen and oxygen atoms in total. The van der Waals surface area contributed by atoms with Crippen molar-refractivity contribution in [3.8, 4) is 11.5 Å². The first-order chi connectivity index (χ1) is 16.6. The lowest BCUT2D eigenvalue weighted by Crippen LogP contribution is -2.21. The highest BCUT2D eigenvalue weighted by Gasteiger charge is 2.16. The fraction of sp³-hybridized carbons (Fsp3) is 0.296. The molecule has 4 rings (SSSR count). The van der Waals surface area contributed by atoms with E-state index in [1.165, 1.54) is 0 Å². The maximum absolute atomic E-state index is 13.0. The first-order valence-electron chi connectivity index (χ1n) is 11.5. The van der Waals surface area contributed by atoms with Crippen molar-refractivity contribution in [2.24, 2.45) is 7.05 Å². The van der Waals surface area contributed by atoms with Crippen LogP contribution in [0.3, 0.4) is 0 Å². The van der Waals surface area contributed by atoms with Gasteiger partial charge in [0.25, 0.3) is 5.91 Å². The van der Waals surface area contributed by atoms with Gasteiger partial charge in [0.1, 0.15) is 23.8 Å². The van der Waals surface area contributed by atoms with Crippen molar-refractivity contribution in [2.75, 3.05) is 18.9 Å². The zero-order valence-electron chi connectivity index (χ0n) is 19.8. The Hall–Kier alpha value is -3.29. The van der Waals surface area contributed by atoms with E-state index in [1.54, 1.807) is 11.3 Å². The number of fused-ring (bicyclic) bond motifs is 1. The molecular formula is C27H31N3O3S. The van der Waals surface area contributed by atoms with Gasteiger partial charge in [-0.2, -0.15) is 0 Å². The third-order valence-corrected chi connectivity index (χ3v) is 6.71. The van der Waals surface area contributed by atoms with Crippen LogP contribution in [0.25, 0.3) is 10.2 Å². The number of thiophene rings is 1. The zero-order valence-corrected chi connectivity index (χ0v) is 20.7. The lowest BCUT2D eigenvalue weighted by Gasteiger charge is -2.18. The van der Waals surface area contributed by atoms with Crippen molar-refractivity contribution in [2.45, 2.75) is 32.5 Å². The van der Waals surface area contributed by atoms with Gasteiger partial charge in [-0.15, -0.1) is 11.3 Å². The maximum atomic E-state index is 13.0. The van der Waals surface area contributed by atoms with Crippen LogP contribution < -0.4 is 20.1 Å². The first kappa shape index (κ1) is 23.9.